The molecule has 0 spiro atoms. The fraction of sp³-hybridized carbons (Fsp3) is 0.667. The van der Waals surface area contributed by atoms with Crippen LogP contribution in [-0.2, 0) is 0 Å². The van der Waals surface area contributed by atoms with Crippen LogP contribution in [0.3, 0.4) is 0 Å². The third-order valence-corrected chi connectivity index (χ3v) is 1.38. The molecule has 0 aromatic rings. The zero-order valence-electron chi connectivity index (χ0n) is 4.89. The lowest BCUT2D eigenvalue weighted by molar-refractivity contribution is 0.848. The Bertz CT molecular complexity index is 57.2. The standard InChI is InChI=1S/C6H12S/c1-3-4-6(2)5-7/h3-4,6-7H,5H2,1-2H3/b4-3+. The largest absolute Gasteiger partial charge is 0.179 e. The average Bonchev–Trinajstić information content (AvgIpc) is 1.68. The van der Waals surface area contributed by atoms with Gasteiger partial charge in [0.05, 0.1) is 0 Å². The lowest BCUT2D eigenvalue weighted by Gasteiger charge is -1.95. The third kappa shape index (κ3) is 3.93. The van der Waals surface area contributed by atoms with Crippen molar-refractivity contribution < 1.29 is 0 Å². The molecule has 0 saturated carbocycles. The molecule has 0 saturated heterocycles. The van der Waals surface area contributed by atoms with Gasteiger partial charge in [-0.1, -0.05) is 19.1 Å². The predicted octanol–water partition coefficient (Wildman–Crippen LogP) is 2.13. The Hall–Kier alpha value is 0.0900. The van der Waals surface area contributed by atoms with Crippen LogP contribution in [0.2, 0.25) is 0 Å². The van der Waals surface area contributed by atoms with Gasteiger partial charge in [-0.2, -0.15) is 12.6 Å². The summed E-state index contributed by atoms with van der Waals surface area (Å²) < 4.78 is 0. The van der Waals surface area contributed by atoms with Crippen molar-refractivity contribution in [2.45, 2.75) is 13.8 Å². The van der Waals surface area contributed by atoms with Gasteiger partial charge in [0.15, 0.2) is 0 Å². The van der Waals surface area contributed by atoms with Crippen LogP contribution in [0.4, 0.5) is 0 Å². The minimum absolute atomic E-state index is 0.633. The molecule has 0 aliphatic heterocycles. The van der Waals surface area contributed by atoms with E-state index in [1.54, 1.807) is 0 Å². The SMILES string of the molecule is C/C=C/C(C)CS. The number of rotatable bonds is 2. The molecule has 0 rings (SSSR count). The van der Waals surface area contributed by atoms with Gasteiger partial charge in [0.25, 0.3) is 0 Å². The van der Waals surface area contributed by atoms with Gasteiger partial charge in [0.2, 0.25) is 0 Å². The van der Waals surface area contributed by atoms with Crippen LogP contribution >= 0.6 is 12.6 Å². The molecule has 42 valence electrons. The first-order valence-corrected chi connectivity index (χ1v) is 3.18. The highest BCUT2D eigenvalue weighted by Gasteiger charge is 1.86. The van der Waals surface area contributed by atoms with Crippen molar-refractivity contribution in [2.24, 2.45) is 5.92 Å². The third-order valence-electron chi connectivity index (χ3n) is 0.809. The van der Waals surface area contributed by atoms with E-state index in [1.165, 1.54) is 0 Å². The Morgan fingerprint density at radius 2 is 2.29 bits per heavy atom. The van der Waals surface area contributed by atoms with E-state index in [4.69, 9.17) is 0 Å². The Kier molecular flexibility index (Phi) is 4.31. The van der Waals surface area contributed by atoms with Gasteiger partial charge in [-0.15, -0.1) is 0 Å². The molecule has 0 aliphatic carbocycles. The van der Waals surface area contributed by atoms with Gasteiger partial charge in [-0.05, 0) is 18.6 Å². The van der Waals surface area contributed by atoms with Crippen molar-refractivity contribution in [2.75, 3.05) is 5.75 Å². The highest BCUT2D eigenvalue weighted by molar-refractivity contribution is 7.80. The first-order chi connectivity index (χ1) is 3.31. The van der Waals surface area contributed by atoms with Gasteiger partial charge in [-0.3, -0.25) is 0 Å². The summed E-state index contributed by atoms with van der Waals surface area (Å²) in [6.07, 6.45) is 4.20. The van der Waals surface area contributed by atoms with Crippen molar-refractivity contribution in [1.82, 2.24) is 0 Å². The molecule has 0 bridgehead atoms. The first kappa shape index (κ1) is 7.09. The minimum atomic E-state index is 0.633. The molecule has 0 aliphatic rings. The van der Waals surface area contributed by atoms with Crippen LogP contribution in [0.15, 0.2) is 12.2 Å². The maximum Gasteiger partial charge on any atom is -0.00375 e. The Morgan fingerprint density at radius 3 is 2.43 bits per heavy atom. The van der Waals surface area contributed by atoms with E-state index in [0.717, 1.165) is 5.75 Å². The fourth-order valence-electron chi connectivity index (χ4n) is 0.389. The van der Waals surface area contributed by atoms with E-state index in [2.05, 4.69) is 31.7 Å². The molecule has 0 nitrogen and oxygen atoms in total. The molecule has 7 heavy (non-hydrogen) atoms. The van der Waals surface area contributed by atoms with Crippen molar-refractivity contribution >= 4 is 12.6 Å². The summed E-state index contributed by atoms with van der Waals surface area (Å²) in [6.45, 7) is 4.17. The molecule has 0 heterocycles. The number of hydrogen-bond donors (Lipinski definition) is 1. The van der Waals surface area contributed by atoms with Crippen LogP contribution in [-0.4, -0.2) is 5.75 Å². The quantitative estimate of drug-likeness (QED) is 0.414. The molecule has 0 aromatic heterocycles. The molecule has 1 unspecified atom stereocenters. The summed E-state index contributed by atoms with van der Waals surface area (Å²) in [6, 6.07) is 0. The molecule has 1 atom stereocenters. The van der Waals surface area contributed by atoms with Gasteiger partial charge in [0.1, 0.15) is 0 Å². The number of thiol groups is 1. The van der Waals surface area contributed by atoms with E-state index < -0.39 is 0 Å². The van der Waals surface area contributed by atoms with Gasteiger partial charge >= 0.3 is 0 Å². The highest BCUT2D eigenvalue weighted by atomic mass is 32.1. The molecular weight excluding hydrogens is 104 g/mol. The Morgan fingerprint density at radius 1 is 1.71 bits per heavy atom. The van der Waals surface area contributed by atoms with E-state index >= 15 is 0 Å². The van der Waals surface area contributed by atoms with Crippen molar-refractivity contribution in [1.29, 1.82) is 0 Å². The molecule has 0 N–H and O–H groups in total. The summed E-state index contributed by atoms with van der Waals surface area (Å²) in [5, 5.41) is 0. The van der Waals surface area contributed by atoms with Gasteiger partial charge in [-0.25, -0.2) is 0 Å². The summed E-state index contributed by atoms with van der Waals surface area (Å²) in [5.74, 6) is 1.58. The summed E-state index contributed by atoms with van der Waals surface area (Å²) in [7, 11) is 0. The number of hydrogen-bond acceptors (Lipinski definition) is 1. The second-order valence-corrected chi connectivity index (χ2v) is 2.05. The fourth-order valence-corrected chi connectivity index (χ4v) is 0.511. The normalized spacial score (nSPS) is 15.3. The average molecular weight is 116 g/mol. The Labute approximate surface area is 51.0 Å². The van der Waals surface area contributed by atoms with Gasteiger partial charge in [0, 0.05) is 0 Å². The van der Waals surface area contributed by atoms with Gasteiger partial charge < -0.3 is 0 Å². The lowest BCUT2D eigenvalue weighted by atomic mass is 10.2. The van der Waals surface area contributed by atoms with Crippen LogP contribution < -0.4 is 0 Å². The molecule has 1 heteroatoms. The summed E-state index contributed by atoms with van der Waals surface area (Å²) in [4.78, 5) is 0. The van der Waals surface area contributed by atoms with E-state index in [9.17, 15) is 0 Å². The predicted molar refractivity (Wildman–Crippen MR) is 37.8 cm³/mol. The van der Waals surface area contributed by atoms with E-state index in [-0.39, 0.29) is 0 Å². The highest BCUT2D eigenvalue weighted by Crippen LogP contribution is 1.97. The smallest absolute Gasteiger partial charge is 0.00375 e. The molecule has 0 amide bonds. The lowest BCUT2D eigenvalue weighted by Crippen LogP contribution is -1.87. The van der Waals surface area contributed by atoms with E-state index in [0.29, 0.717) is 5.92 Å². The maximum atomic E-state index is 4.10. The van der Waals surface area contributed by atoms with Crippen molar-refractivity contribution in [3.05, 3.63) is 12.2 Å². The molecule has 0 radical (unpaired) electrons. The first-order valence-electron chi connectivity index (χ1n) is 2.55. The summed E-state index contributed by atoms with van der Waals surface area (Å²) >= 11 is 4.10. The molecular formula is C6H12S. The van der Waals surface area contributed by atoms with Crippen LogP contribution in [0, 0.1) is 5.92 Å². The number of allylic oxidation sites excluding steroid dienone is 2. The monoisotopic (exact) mass is 116 g/mol. The van der Waals surface area contributed by atoms with Crippen LogP contribution in [0.25, 0.3) is 0 Å². The van der Waals surface area contributed by atoms with Crippen LogP contribution in [0.5, 0.6) is 0 Å². The molecule has 0 aromatic carbocycles. The second kappa shape index (κ2) is 4.25. The second-order valence-electron chi connectivity index (χ2n) is 1.69. The van der Waals surface area contributed by atoms with Crippen molar-refractivity contribution in [3.8, 4) is 0 Å². The zero-order valence-corrected chi connectivity index (χ0v) is 5.78. The van der Waals surface area contributed by atoms with Crippen molar-refractivity contribution in [3.63, 3.8) is 0 Å². The Balaban J connectivity index is 3.16. The zero-order chi connectivity index (χ0) is 5.70. The minimum Gasteiger partial charge on any atom is -0.179 e. The van der Waals surface area contributed by atoms with Crippen LogP contribution in [0.1, 0.15) is 13.8 Å². The summed E-state index contributed by atoms with van der Waals surface area (Å²) in [5.41, 5.74) is 0. The maximum absolute atomic E-state index is 4.10. The molecule has 0 fully saturated rings. The topological polar surface area (TPSA) is 0 Å². The van der Waals surface area contributed by atoms with E-state index in [1.807, 2.05) is 6.92 Å².